The van der Waals surface area contributed by atoms with E-state index < -0.39 is 0 Å². The van der Waals surface area contributed by atoms with Crippen molar-refractivity contribution in [3.63, 3.8) is 0 Å². The summed E-state index contributed by atoms with van der Waals surface area (Å²) in [6, 6.07) is 11.6. The third kappa shape index (κ3) is 3.67. The molecule has 1 aliphatic heterocycles. The largest absolute Gasteiger partial charge is 0.308 e. The molecule has 2 nitrogen and oxygen atoms in total. The molecular formula is C19H30N2. The molecule has 1 unspecified atom stereocenters. The monoisotopic (exact) mass is 286 g/mol. The summed E-state index contributed by atoms with van der Waals surface area (Å²) < 4.78 is 0. The molecule has 116 valence electrons. The van der Waals surface area contributed by atoms with Crippen molar-refractivity contribution in [2.24, 2.45) is 5.92 Å². The van der Waals surface area contributed by atoms with Gasteiger partial charge in [-0.3, -0.25) is 4.90 Å². The highest BCUT2D eigenvalue weighted by Crippen LogP contribution is 2.33. The van der Waals surface area contributed by atoms with Gasteiger partial charge in [-0.25, -0.2) is 0 Å². The van der Waals surface area contributed by atoms with Crippen LogP contribution in [0.3, 0.4) is 0 Å². The first-order valence-electron chi connectivity index (χ1n) is 8.70. The van der Waals surface area contributed by atoms with Gasteiger partial charge in [-0.15, -0.1) is 0 Å². The number of hydrogen-bond donors (Lipinski definition) is 1. The summed E-state index contributed by atoms with van der Waals surface area (Å²) in [5.41, 5.74) is 1.91. The highest BCUT2D eigenvalue weighted by molar-refractivity contribution is 5.17. The second kappa shape index (κ2) is 6.50. The van der Waals surface area contributed by atoms with E-state index in [0.29, 0.717) is 11.6 Å². The van der Waals surface area contributed by atoms with E-state index in [4.69, 9.17) is 0 Å². The number of piperazine rings is 1. The topological polar surface area (TPSA) is 15.3 Å². The van der Waals surface area contributed by atoms with Crippen molar-refractivity contribution < 1.29 is 0 Å². The fraction of sp³-hybridized carbons (Fsp3) is 0.684. The van der Waals surface area contributed by atoms with Crippen molar-refractivity contribution >= 4 is 0 Å². The molecule has 0 radical (unpaired) electrons. The number of nitrogens with zero attached hydrogens (tertiary/aromatic N) is 1. The molecule has 2 fully saturated rings. The first-order chi connectivity index (χ1) is 10.2. The molecular weight excluding hydrogens is 256 g/mol. The average molecular weight is 286 g/mol. The lowest BCUT2D eigenvalue weighted by Crippen LogP contribution is -2.64. The first-order valence-corrected chi connectivity index (χ1v) is 8.70. The number of nitrogens with one attached hydrogen (secondary N) is 1. The molecule has 1 saturated carbocycles. The van der Waals surface area contributed by atoms with Gasteiger partial charge in [0.1, 0.15) is 0 Å². The third-order valence-corrected chi connectivity index (χ3v) is 5.21. The molecule has 1 heterocycles. The van der Waals surface area contributed by atoms with E-state index >= 15 is 0 Å². The quantitative estimate of drug-likeness (QED) is 0.911. The van der Waals surface area contributed by atoms with Crippen LogP contribution in [0.15, 0.2) is 30.3 Å². The van der Waals surface area contributed by atoms with Crippen LogP contribution in [0.2, 0.25) is 0 Å². The lowest BCUT2D eigenvalue weighted by molar-refractivity contribution is 0.0702. The third-order valence-electron chi connectivity index (χ3n) is 5.21. The molecule has 2 heteroatoms. The van der Waals surface area contributed by atoms with Crippen molar-refractivity contribution in [2.75, 3.05) is 19.6 Å². The molecule has 2 aliphatic rings. The van der Waals surface area contributed by atoms with Crippen molar-refractivity contribution in [3.05, 3.63) is 35.9 Å². The zero-order valence-electron chi connectivity index (χ0n) is 13.6. The molecule has 1 saturated heterocycles. The van der Waals surface area contributed by atoms with Gasteiger partial charge in [-0.2, -0.15) is 0 Å². The standard InChI is InChI=1S/C19H30N2/c1-16(2)14-21-15-19(10-6-7-11-19)20-13-18(21)12-17-8-4-3-5-9-17/h3-5,8-9,16,18,20H,6-7,10-15H2,1-2H3. The zero-order valence-corrected chi connectivity index (χ0v) is 13.6. The van der Waals surface area contributed by atoms with Gasteiger partial charge in [0.25, 0.3) is 0 Å². The van der Waals surface area contributed by atoms with Crippen LogP contribution in [0.25, 0.3) is 0 Å². The van der Waals surface area contributed by atoms with Crippen LogP contribution >= 0.6 is 0 Å². The van der Waals surface area contributed by atoms with E-state index in [1.54, 1.807) is 0 Å². The van der Waals surface area contributed by atoms with Gasteiger partial charge in [-0.05, 0) is 30.7 Å². The van der Waals surface area contributed by atoms with Gasteiger partial charge in [0.15, 0.2) is 0 Å². The van der Waals surface area contributed by atoms with Crippen LogP contribution < -0.4 is 5.32 Å². The Labute approximate surface area is 129 Å². The Kier molecular flexibility index (Phi) is 4.66. The van der Waals surface area contributed by atoms with Crippen LogP contribution in [0, 0.1) is 5.92 Å². The second-order valence-electron chi connectivity index (χ2n) is 7.54. The predicted octanol–water partition coefficient (Wildman–Crippen LogP) is 3.47. The lowest BCUT2D eigenvalue weighted by Gasteiger charge is -2.47. The van der Waals surface area contributed by atoms with Crippen molar-refractivity contribution in [3.8, 4) is 0 Å². The number of hydrogen-bond acceptors (Lipinski definition) is 2. The molecule has 1 atom stereocenters. The molecule has 1 aromatic rings. The van der Waals surface area contributed by atoms with Gasteiger partial charge in [0.2, 0.25) is 0 Å². The Balaban J connectivity index is 1.70. The number of rotatable bonds is 4. The summed E-state index contributed by atoms with van der Waals surface area (Å²) in [6.45, 7) is 8.34. The van der Waals surface area contributed by atoms with E-state index in [1.807, 2.05) is 0 Å². The second-order valence-corrected chi connectivity index (χ2v) is 7.54. The molecule has 0 bridgehead atoms. The van der Waals surface area contributed by atoms with Crippen molar-refractivity contribution in [2.45, 2.75) is 57.5 Å². The van der Waals surface area contributed by atoms with Crippen LogP contribution in [-0.4, -0.2) is 36.1 Å². The Hall–Kier alpha value is -0.860. The molecule has 1 aromatic carbocycles. The van der Waals surface area contributed by atoms with Gasteiger partial charge >= 0.3 is 0 Å². The minimum atomic E-state index is 0.433. The molecule has 21 heavy (non-hydrogen) atoms. The molecule has 1 aliphatic carbocycles. The fourth-order valence-corrected chi connectivity index (χ4v) is 4.19. The smallest absolute Gasteiger partial charge is 0.0309 e. The van der Waals surface area contributed by atoms with E-state index in [2.05, 4.69) is 54.4 Å². The van der Waals surface area contributed by atoms with Gasteiger partial charge in [-0.1, -0.05) is 57.0 Å². The minimum absolute atomic E-state index is 0.433. The van der Waals surface area contributed by atoms with E-state index in [-0.39, 0.29) is 0 Å². The maximum Gasteiger partial charge on any atom is 0.0309 e. The predicted molar refractivity (Wildman–Crippen MR) is 89.5 cm³/mol. The normalized spacial score (nSPS) is 25.8. The maximum atomic E-state index is 3.93. The van der Waals surface area contributed by atoms with Gasteiger partial charge in [0.05, 0.1) is 0 Å². The van der Waals surface area contributed by atoms with Gasteiger partial charge < -0.3 is 5.32 Å². The van der Waals surface area contributed by atoms with Crippen LogP contribution in [-0.2, 0) is 6.42 Å². The summed E-state index contributed by atoms with van der Waals surface area (Å²) in [5.74, 6) is 0.750. The highest BCUT2D eigenvalue weighted by Gasteiger charge is 2.40. The summed E-state index contributed by atoms with van der Waals surface area (Å²) in [6.07, 6.45) is 6.74. The van der Waals surface area contributed by atoms with E-state index in [9.17, 15) is 0 Å². The van der Waals surface area contributed by atoms with Crippen LogP contribution in [0.4, 0.5) is 0 Å². The molecule has 0 aromatic heterocycles. The van der Waals surface area contributed by atoms with Crippen molar-refractivity contribution in [1.29, 1.82) is 0 Å². The average Bonchev–Trinajstić information content (AvgIpc) is 2.91. The lowest BCUT2D eigenvalue weighted by atomic mass is 9.90. The van der Waals surface area contributed by atoms with Crippen LogP contribution in [0.1, 0.15) is 45.1 Å². The fourth-order valence-electron chi connectivity index (χ4n) is 4.19. The summed E-state index contributed by atoms with van der Waals surface area (Å²) in [7, 11) is 0. The Morgan fingerprint density at radius 2 is 1.90 bits per heavy atom. The summed E-state index contributed by atoms with van der Waals surface area (Å²) in [4.78, 5) is 2.78. The maximum absolute atomic E-state index is 3.93. The molecule has 0 amide bonds. The zero-order chi connectivity index (χ0) is 14.7. The first kappa shape index (κ1) is 15.1. The van der Waals surface area contributed by atoms with Crippen LogP contribution in [0.5, 0.6) is 0 Å². The Morgan fingerprint density at radius 1 is 1.19 bits per heavy atom. The minimum Gasteiger partial charge on any atom is -0.308 e. The van der Waals surface area contributed by atoms with E-state index in [1.165, 1.54) is 50.8 Å². The Morgan fingerprint density at radius 3 is 2.57 bits per heavy atom. The van der Waals surface area contributed by atoms with Crippen molar-refractivity contribution in [1.82, 2.24) is 10.2 Å². The van der Waals surface area contributed by atoms with Gasteiger partial charge in [0, 0.05) is 31.2 Å². The summed E-state index contributed by atoms with van der Waals surface area (Å²) >= 11 is 0. The SMILES string of the molecule is CC(C)CN1CC2(CCCC2)NCC1Cc1ccccc1. The Bertz CT molecular complexity index is 434. The number of benzene rings is 1. The summed E-state index contributed by atoms with van der Waals surface area (Å²) in [5, 5.41) is 3.93. The van der Waals surface area contributed by atoms with E-state index in [0.717, 1.165) is 12.5 Å². The molecule has 3 rings (SSSR count). The molecule has 1 N–H and O–H groups in total. The molecule has 1 spiro atoms. The highest BCUT2D eigenvalue weighted by atomic mass is 15.3.